The number of halogens is 1. The van der Waals surface area contributed by atoms with Crippen molar-refractivity contribution in [2.24, 2.45) is 0 Å². The lowest BCUT2D eigenvalue weighted by Crippen LogP contribution is -1.90. The summed E-state index contributed by atoms with van der Waals surface area (Å²) in [7, 11) is 3.25. The Bertz CT molecular complexity index is 784. The number of ether oxygens (including phenoxy) is 2. The molecule has 0 saturated heterocycles. The van der Waals surface area contributed by atoms with Gasteiger partial charge in [-0.3, -0.25) is 0 Å². The van der Waals surface area contributed by atoms with Gasteiger partial charge >= 0.3 is 0 Å². The fraction of sp³-hybridized carbons (Fsp3) is 0.118. The Kier molecular flexibility index (Phi) is 4.06. The lowest BCUT2D eigenvalue weighted by Gasteiger charge is -2.08. The van der Waals surface area contributed by atoms with Gasteiger partial charge in [0.1, 0.15) is 22.3 Å². The van der Waals surface area contributed by atoms with Gasteiger partial charge in [-0.25, -0.2) is 9.37 Å². The molecular formula is C17H14FNO2S. The average molecular weight is 315 g/mol. The van der Waals surface area contributed by atoms with Gasteiger partial charge in [-0.1, -0.05) is 0 Å². The summed E-state index contributed by atoms with van der Waals surface area (Å²) in [6.45, 7) is 0. The summed E-state index contributed by atoms with van der Waals surface area (Å²) in [4.78, 5) is 4.62. The first-order chi connectivity index (χ1) is 10.7. The average Bonchev–Trinajstić information content (AvgIpc) is 3.04. The summed E-state index contributed by atoms with van der Waals surface area (Å²) in [5.74, 6) is 1.22. The first-order valence-electron chi connectivity index (χ1n) is 6.65. The van der Waals surface area contributed by atoms with Crippen molar-refractivity contribution in [3.8, 4) is 33.3 Å². The fourth-order valence-electron chi connectivity index (χ4n) is 2.14. The first kappa shape index (κ1) is 14.5. The molecule has 0 unspecified atom stereocenters. The zero-order valence-electron chi connectivity index (χ0n) is 12.2. The second-order valence-corrected chi connectivity index (χ2v) is 5.47. The topological polar surface area (TPSA) is 31.4 Å². The van der Waals surface area contributed by atoms with Crippen LogP contribution in [-0.2, 0) is 0 Å². The van der Waals surface area contributed by atoms with Gasteiger partial charge in [0, 0.05) is 16.5 Å². The van der Waals surface area contributed by atoms with Crippen LogP contribution >= 0.6 is 11.3 Å². The molecule has 2 aromatic carbocycles. The molecule has 22 heavy (non-hydrogen) atoms. The Morgan fingerprint density at radius 3 is 2.45 bits per heavy atom. The van der Waals surface area contributed by atoms with Gasteiger partial charge < -0.3 is 9.47 Å². The molecule has 0 spiro atoms. The number of rotatable bonds is 4. The molecule has 0 atom stereocenters. The van der Waals surface area contributed by atoms with Gasteiger partial charge in [-0.2, -0.15) is 0 Å². The van der Waals surface area contributed by atoms with E-state index < -0.39 is 0 Å². The molecular weight excluding hydrogens is 301 g/mol. The summed E-state index contributed by atoms with van der Waals surface area (Å²) in [6.07, 6.45) is 0. The molecule has 0 bridgehead atoms. The number of aromatic nitrogens is 1. The largest absolute Gasteiger partial charge is 0.497 e. The third-order valence-corrected chi connectivity index (χ3v) is 4.17. The molecule has 3 rings (SSSR count). The van der Waals surface area contributed by atoms with Crippen molar-refractivity contribution in [1.82, 2.24) is 4.98 Å². The summed E-state index contributed by atoms with van der Waals surface area (Å²) in [5, 5.41) is 2.79. The van der Waals surface area contributed by atoms with Crippen LogP contribution in [0.2, 0.25) is 0 Å². The summed E-state index contributed by atoms with van der Waals surface area (Å²) < 4.78 is 23.7. The van der Waals surface area contributed by atoms with Gasteiger partial charge in [-0.05, 0) is 42.5 Å². The monoisotopic (exact) mass is 315 g/mol. The molecule has 5 heteroatoms. The van der Waals surface area contributed by atoms with Gasteiger partial charge in [0.05, 0.1) is 19.9 Å². The van der Waals surface area contributed by atoms with Crippen molar-refractivity contribution in [3.63, 3.8) is 0 Å². The predicted molar refractivity (Wildman–Crippen MR) is 86.0 cm³/mol. The zero-order chi connectivity index (χ0) is 15.5. The quantitative estimate of drug-likeness (QED) is 0.703. The Morgan fingerprint density at radius 2 is 1.77 bits per heavy atom. The van der Waals surface area contributed by atoms with Crippen molar-refractivity contribution < 1.29 is 13.9 Å². The third-order valence-electron chi connectivity index (χ3n) is 3.28. The van der Waals surface area contributed by atoms with Crippen molar-refractivity contribution in [1.29, 1.82) is 0 Å². The maximum atomic E-state index is 13.0. The normalized spacial score (nSPS) is 10.5. The van der Waals surface area contributed by atoms with Crippen LogP contribution in [0.5, 0.6) is 11.5 Å². The van der Waals surface area contributed by atoms with E-state index in [2.05, 4.69) is 4.98 Å². The molecule has 0 fully saturated rings. The standard InChI is InChI=1S/C17H14FNO2S/c1-20-13-7-8-16(21-2)14(9-13)15-10-22-17(19-15)11-3-5-12(18)6-4-11/h3-10H,1-2H3. The molecule has 0 saturated carbocycles. The SMILES string of the molecule is COc1ccc(OC)c(-c2csc(-c3ccc(F)cc3)n2)c1. The minimum atomic E-state index is -0.255. The molecule has 1 heterocycles. The molecule has 0 amide bonds. The van der Waals surface area contributed by atoms with Crippen LogP contribution in [0.15, 0.2) is 47.8 Å². The third kappa shape index (κ3) is 2.80. The smallest absolute Gasteiger partial charge is 0.128 e. The van der Waals surface area contributed by atoms with E-state index in [4.69, 9.17) is 9.47 Å². The molecule has 0 aliphatic rings. The van der Waals surface area contributed by atoms with Crippen molar-refractivity contribution in [3.05, 3.63) is 53.7 Å². The van der Waals surface area contributed by atoms with Gasteiger partial charge in [0.2, 0.25) is 0 Å². The van der Waals surface area contributed by atoms with Gasteiger partial charge in [0.25, 0.3) is 0 Å². The number of thiazole rings is 1. The molecule has 112 valence electrons. The van der Waals surface area contributed by atoms with Gasteiger partial charge in [-0.15, -0.1) is 11.3 Å². The Labute approximate surface area is 132 Å². The van der Waals surface area contributed by atoms with E-state index in [1.54, 1.807) is 26.4 Å². The maximum absolute atomic E-state index is 13.0. The van der Waals surface area contributed by atoms with Crippen molar-refractivity contribution in [2.45, 2.75) is 0 Å². The summed E-state index contributed by atoms with van der Waals surface area (Å²) in [6, 6.07) is 11.9. The van der Waals surface area contributed by atoms with Crippen LogP contribution < -0.4 is 9.47 Å². The lowest BCUT2D eigenvalue weighted by molar-refractivity contribution is 0.404. The molecule has 3 nitrogen and oxygen atoms in total. The minimum Gasteiger partial charge on any atom is -0.497 e. The molecule has 0 aliphatic carbocycles. The van der Waals surface area contributed by atoms with E-state index in [9.17, 15) is 4.39 Å². The summed E-state index contributed by atoms with van der Waals surface area (Å²) in [5.41, 5.74) is 2.56. The highest BCUT2D eigenvalue weighted by atomic mass is 32.1. The Morgan fingerprint density at radius 1 is 1.00 bits per heavy atom. The van der Waals surface area contributed by atoms with E-state index in [1.807, 2.05) is 23.6 Å². The zero-order valence-corrected chi connectivity index (χ0v) is 13.0. The second-order valence-electron chi connectivity index (χ2n) is 4.61. The Hall–Kier alpha value is -2.40. The van der Waals surface area contributed by atoms with E-state index in [1.165, 1.54) is 23.5 Å². The minimum absolute atomic E-state index is 0.255. The number of methoxy groups -OCH3 is 2. The highest BCUT2D eigenvalue weighted by molar-refractivity contribution is 7.13. The van der Waals surface area contributed by atoms with Crippen LogP contribution in [0.1, 0.15) is 0 Å². The van der Waals surface area contributed by atoms with Crippen LogP contribution in [0.3, 0.4) is 0 Å². The van der Waals surface area contributed by atoms with E-state index >= 15 is 0 Å². The second kappa shape index (κ2) is 6.15. The maximum Gasteiger partial charge on any atom is 0.128 e. The molecule has 0 N–H and O–H groups in total. The summed E-state index contributed by atoms with van der Waals surface area (Å²) >= 11 is 1.51. The number of benzene rings is 2. The molecule has 0 radical (unpaired) electrons. The van der Waals surface area contributed by atoms with Crippen LogP contribution in [0.25, 0.3) is 21.8 Å². The fourth-order valence-corrected chi connectivity index (χ4v) is 2.96. The van der Waals surface area contributed by atoms with E-state index in [0.29, 0.717) is 0 Å². The van der Waals surface area contributed by atoms with Crippen LogP contribution in [-0.4, -0.2) is 19.2 Å². The van der Waals surface area contributed by atoms with E-state index in [-0.39, 0.29) is 5.82 Å². The highest BCUT2D eigenvalue weighted by Crippen LogP contribution is 2.36. The molecule has 1 aromatic heterocycles. The van der Waals surface area contributed by atoms with Crippen LogP contribution in [0.4, 0.5) is 4.39 Å². The van der Waals surface area contributed by atoms with E-state index in [0.717, 1.165) is 33.3 Å². The number of hydrogen-bond acceptors (Lipinski definition) is 4. The predicted octanol–water partition coefficient (Wildman–Crippen LogP) is 4.63. The lowest BCUT2D eigenvalue weighted by atomic mass is 10.1. The van der Waals surface area contributed by atoms with Crippen molar-refractivity contribution >= 4 is 11.3 Å². The van der Waals surface area contributed by atoms with Crippen molar-refractivity contribution in [2.75, 3.05) is 14.2 Å². The molecule has 0 aliphatic heterocycles. The number of hydrogen-bond donors (Lipinski definition) is 0. The first-order valence-corrected chi connectivity index (χ1v) is 7.53. The van der Waals surface area contributed by atoms with Gasteiger partial charge in [0.15, 0.2) is 0 Å². The van der Waals surface area contributed by atoms with Crippen LogP contribution in [0, 0.1) is 5.82 Å². The Balaban J connectivity index is 2.01. The molecule has 3 aromatic rings. The highest BCUT2D eigenvalue weighted by Gasteiger charge is 2.12. The number of nitrogens with zero attached hydrogens (tertiary/aromatic N) is 1.